The third-order valence-electron chi connectivity index (χ3n) is 8.49. The van der Waals surface area contributed by atoms with Crippen molar-refractivity contribution in [2.45, 2.75) is 13.8 Å². The Morgan fingerprint density at radius 2 is 1.12 bits per heavy atom. The highest BCUT2D eigenvalue weighted by Crippen LogP contribution is 2.47. The van der Waals surface area contributed by atoms with Gasteiger partial charge in [-0.05, 0) is 60.7 Å². The molecule has 1 heterocycles. The number of furan rings is 1. The van der Waals surface area contributed by atoms with Gasteiger partial charge in [-0.1, -0.05) is 103 Å². The summed E-state index contributed by atoms with van der Waals surface area (Å²) in [6.45, 7) is 4.31. The van der Waals surface area contributed by atoms with E-state index in [1.54, 1.807) is 0 Å². The minimum absolute atomic E-state index is 0.872. The average Bonchev–Trinajstić information content (AvgIpc) is 3.42. The number of aryl methyl sites for hydroxylation is 2. The van der Waals surface area contributed by atoms with Gasteiger partial charge in [-0.15, -0.1) is 0 Å². The van der Waals surface area contributed by atoms with Crippen LogP contribution in [0.4, 0.5) is 28.4 Å². The Labute approximate surface area is 250 Å². The molecule has 7 aromatic carbocycles. The molecule has 0 amide bonds. The summed E-state index contributed by atoms with van der Waals surface area (Å²) in [5.41, 5.74) is 9.70. The molecule has 8 aromatic rings. The van der Waals surface area contributed by atoms with Gasteiger partial charge in [0.1, 0.15) is 11.2 Å². The standard InChI is InChI=1S/C40H30N2O/c1-26-14-6-12-22-34(26)41-35-24-33-39-31-20-10-9-19-30(31)37(25-38(39)43-40(33)32-21-11-8-18-29(32)35)42(28-16-4-3-5-17-28)36-23-13-7-15-27(36)2/h3-25,41H,1-2H3. The minimum Gasteiger partial charge on any atom is -0.455 e. The quantitative estimate of drug-likeness (QED) is 0.229. The van der Waals surface area contributed by atoms with Crippen molar-refractivity contribution in [3.63, 3.8) is 0 Å². The molecule has 0 atom stereocenters. The van der Waals surface area contributed by atoms with Crippen molar-refractivity contribution in [1.82, 2.24) is 0 Å². The van der Waals surface area contributed by atoms with Crippen molar-refractivity contribution in [2.24, 2.45) is 0 Å². The summed E-state index contributed by atoms with van der Waals surface area (Å²) >= 11 is 0. The van der Waals surface area contributed by atoms with E-state index < -0.39 is 0 Å². The molecule has 1 aromatic heterocycles. The molecular formula is C40H30N2O. The van der Waals surface area contributed by atoms with Crippen molar-refractivity contribution in [3.8, 4) is 0 Å². The summed E-state index contributed by atoms with van der Waals surface area (Å²) < 4.78 is 6.84. The lowest BCUT2D eigenvalue weighted by molar-refractivity contribution is 0.673. The largest absolute Gasteiger partial charge is 0.455 e. The highest BCUT2D eigenvalue weighted by atomic mass is 16.3. The Morgan fingerprint density at radius 1 is 0.488 bits per heavy atom. The molecule has 0 saturated heterocycles. The molecule has 0 aliphatic heterocycles. The first kappa shape index (κ1) is 25.2. The maximum absolute atomic E-state index is 6.84. The van der Waals surface area contributed by atoms with Gasteiger partial charge in [0.2, 0.25) is 0 Å². The van der Waals surface area contributed by atoms with Crippen molar-refractivity contribution < 1.29 is 4.42 Å². The SMILES string of the molecule is Cc1ccccc1Nc1cc2c(oc3cc(N(c4ccccc4)c4ccccc4C)c4ccccc4c32)c2ccccc12. The molecule has 0 radical (unpaired) electrons. The van der Waals surface area contributed by atoms with E-state index >= 15 is 0 Å². The van der Waals surface area contributed by atoms with Crippen molar-refractivity contribution in [3.05, 3.63) is 151 Å². The molecule has 0 unspecified atom stereocenters. The van der Waals surface area contributed by atoms with E-state index in [4.69, 9.17) is 4.42 Å². The fourth-order valence-electron chi connectivity index (χ4n) is 6.39. The van der Waals surface area contributed by atoms with Gasteiger partial charge in [-0.3, -0.25) is 0 Å². The minimum atomic E-state index is 0.872. The smallest absolute Gasteiger partial charge is 0.143 e. The van der Waals surface area contributed by atoms with Crippen LogP contribution in [0.5, 0.6) is 0 Å². The third kappa shape index (κ3) is 4.12. The van der Waals surface area contributed by atoms with Gasteiger partial charge in [0.15, 0.2) is 0 Å². The van der Waals surface area contributed by atoms with E-state index in [1.165, 1.54) is 21.9 Å². The maximum Gasteiger partial charge on any atom is 0.143 e. The van der Waals surface area contributed by atoms with Crippen LogP contribution in [-0.4, -0.2) is 0 Å². The molecule has 43 heavy (non-hydrogen) atoms. The second-order valence-electron chi connectivity index (χ2n) is 11.2. The van der Waals surface area contributed by atoms with Crippen LogP contribution in [-0.2, 0) is 0 Å². The van der Waals surface area contributed by atoms with E-state index in [9.17, 15) is 0 Å². The summed E-state index contributed by atoms with van der Waals surface area (Å²) in [7, 11) is 0. The highest BCUT2D eigenvalue weighted by molar-refractivity contribution is 6.27. The van der Waals surface area contributed by atoms with Gasteiger partial charge in [0.25, 0.3) is 0 Å². The van der Waals surface area contributed by atoms with Crippen LogP contribution in [0.15, 0.2) is 144 Å². The molecule has 8 rings (SSSR count). The third-order valence-corrected chi connectivity index (χ3v) is 8.49. The lowest BCUT2D eigenvalue weighted by Crippen LogP contribution is -2.11. The summed E-state index contributed by atoms with van der Waals surface area (Å²) in [5, 5.41) is 10.5. The Bertz CT molecular complexity index is 2300. The zero-order valence-electron chi connectivity index (χ0n) is 24.1. The first-order valence-electron chi connectivity index (χ1n) is 14.7. The van der Waals surface area contributed by atoms with Crippen LogP contribution in [0.25, 0.3) is 43.5 Å². The van der Waals surface area contributed by atoms with Crippen molar-refractivity contribution in [2.75, 3.05) is 10.2 Å². The number of rotatable bonds is 5. The zero-order chi connectivity index (χ0) is 28.9. The number of nitrogens with one attached hydrogen (secondary N) is 1. The van der Waals surface area contributed by atoms with Gasteiger partial charge in [-0.25, -0.2) is 0 Å². The lowest BCUT2D eigenvalue weighted by Gasteiger charge is -2.28. The molecule has 3 heteroatoms. The van der Waals surface area contributed by atoms with Crippen LogP contribution in [0.1, 0.15) is 11.1 Å². The number of hydrogen-bond donors (Lipinski definition) is 1. The van der Waals surface area contributed by atoms with E-state index in [1.807, 2.05) is 0 Å². The monoisotopic (exact) mass is 554 g/mol. The molecular weight excluding hydrogens is 524 g/mol. The van der Waals surface area contributed by atoms with Crippen LogP contribution >= 0.6 is 0 Å². The molecule has 0 bridgehead atoms. The Hall–Kier alpha value is -5.54. The Morgan fingerprint density at radius 3 is 1.88 bits per heavy atom. The second-order valence-corrected chi connectivity index (χ2v) is 11.2. The molecule has 0 saturated carbocycles. The van der Waals surface area contributed by atoms with Crippen LogP contribution in [0.2, 0.25) is 0 Å². The van der Waals surface area contributed by atoms with Gasteiger partial charge < -0.3 is 14.6 Å². The summed E-state index contributed by atoms with van der Waals surface area (Å²) in [6, 6.07) is 49.3. The van der Waals surface area contributed by atoms with Crippen LogP contribution in [0, 0.1) is 13.8 Å². The molecule has 0 aliphatic rings. The highest BCUT2D eigenvalue weighted by Gasteiger charge is 2.22. The number of fused-ring (bicyclic) bond motifs is 7. The van der Waals surface area contributed by atoms with Crippen molar-refractivity contribution >= 4 is 71.9 Å². The van der Waals surface area contributed by atoms with E-state index in [-0.39, 0.29) is 0 Å². The zero-order valence-corrected chi connectivity index (χ0v) is 24.1. The van der Waals surface area contributed by atoms with E-state index in [0.717, 1.165) is 61.1 Å². The lowest BCUT2D eigenvalue weighted by atomic mass is 9.98. The second kappa shape index (κ2) is 10.1. The normalized spacial score (nSPS) is 11.5. The maximum atomic E-state index is 6.84. The molecule has 0 aliphatic carbocycles. The molecule has 0 fully saturated rings. The van der Waals surface area contributed by atoms with Gasteiger partial charge in [0, 0.05) is 55.7 Å². The topological polar surface area (TPSA) is 28.4 Å². The summed E-state index contributed by atoms with van der Waals surface area (Å²) in [5.74, 6) is 0. The fraction of sp³-hybridized carbons (Fsp3) is 0.0500. The summed E-state index contributed by atoms with van der Waals surface area (Å²) in [4.78, 5) is 2.35. The fourth-order valence-corrected chi connectivity index (χ4v) is 6.39. The summed E-state index contributed by atoms with van der Waals surface area (Å²) in [6.07, 6.45) is 0. The molecule has 1 N–H and O–H groups in total. The van der Waals surface area contributed by atoms with E-state index in [0.29, 0.717) is 0 Å². The predicted molar refractivity (Wildman–Crippen MR) is 183 cm³/mol. The number of benzene rings is 7. The number of anilines is 5. The van der Waals surface area contributed by atoms with E-state index in [2.05, 4.69) is 164 Å². The van der Waals surface area contributed by atoms with Gasteiger partial charge >= 0.3 is 0 Å². The number of hydrogen-bond acceptors (Lipinski definition) is 3. The molecule has 206 valence electrons. The predicted octanol–water partition coefficient (Wildman–Crippen LogP) is 11.7. The Balaban J connectivity index is 1.45. The number of nitrogens with zero attached hydrogens (tertiary/aromatic N) is 1. The van der Waals surface area contributed by atoms with Crippen molar-refractivity contribution in [1.29, 1.82) is 0 Å². The first-order chi connectivity index (χ1) is 21.2. The first-order valence-corrected chi connectivity index (χ1v) is 14.7. The molecule has 0 spiro atoms. The average molecular weight is 555 g/mol. The molecule has 3 nitrogen and oxygen atoms in total. The van der Waals surface area contributed by atoms with Crippen LogP contribution in [0.3, 0.4) is 0 Å². The van der Waals surface area contributed by atoms with Gasteiger partial charge in [0.05, 0.1) is 5.69 Å². The Kier molecular flexibility index (Phi) is 5.90. The number of para-hydroxylation sites is 3. The van der Waals surface area contributed by atoms with Gasteiger partial charge in [-0.2, -0.15) is 0 Å². The van der Waals surface area contributed by atoms with Crippen LogP contribution < -0.4 is 10.2 Å².